The summed E-state index contributed by atoms with van der Waals surface area (Å²) in [7, 11) is 0. The largest absolute Gasteiger partial charge is 0.387 e. The molecule has 3 rings (SSSR count). The van der Waals surface area contributed by atoms with Crippen molar-refractivity contribution in [2.24, 2.45) is 0 Å². The number of hydrogen-bond donors (Lipinski definition) is 2. The number of aliphatic hydroxyl groups excluding tert-OH is 1. The van der Waals surface area contributed by atoms with Crippen LogP contribution in [-0.4, -0.2) is 33.6 Å². The maximum absolute atomic E-state index is 13.0. The van der Waals surface area contributed by atoms with Gasteiger partial charge < -0.3 is 15.3 Å². The summed E-state index contributed by atoms with van der Waals surface area (Å²) < 4.78 is 13.0. The van der Waals surface area contributed by atoms with E-state index in [1.54, 1.807) is 29.4 Å². The van der Waals surface area contributed by atoms with Crippen molar-refractivity contribution in [2.75, 3.05) is 6.54 Å². The molecule has 2 aromatic rings. The molecule has 1 aliphatic carbocycles. The van der Waals surface area contributed by atoms with Crippen molar-refractivity contribution in [3.8, 4) is 0 Å². The number of aromatic nitrogens is 1. The summed E-state index contributed by atoms with van der Waals surface area (Å²) in [6.45, 7) is 2.10. The first-order valence-electron chi connectivity index (χ1n) is 8.45. The summed E-state index contributed by atoms with van der Waals surface area (Å²) in [6.07, 6.45) is 4.41. The average Bonchev–Trinajstić information content (AvgIpc) is 3.45. The highest BCUT2D eigenvalue weighted by atomic mass is 19.1. The third kappa shape index (κ3) is 4.54. The summed E-state index contributed by atoms with van der Waals surface area (Å²) in [5.74, 6) is -0.348. The molecule has 1 saturated carbocycles. The Kier molecular flexibility index (Phi) is 5.28. The van der Waals surface area contributed by atoms with Gasteiger partial charge in [-0.05, 0) is 55.2 Å². The zero-order chi connectivity index (χ0) is 17.8. The number of aliphatic hydroxyl groups is 1. The van der Waals surface area contributed by atoms with E-state index in [2.05, 4.69) is 10.3 Å². The lowest BCUT2D eigenvalue weighted by Gasteiger charge is -2.27. The molecule has 0 spiro atoms. The first-order valence-corrected chi connectivity index (χ1v) is 8.45. The van der Waals surface area contributed by atoms with Crippen LogP contribution in [0.25, 0.3) is 0 Å². The molecule has 1 fully saturated rings. The van der Waals surface area contributed by atoms with Gasteiger partial charge in [0.15, 0.2) is 0 Å². The Hall–Kier alpha value is -2.47. The van der Waals surface area contributed by atoms with Crippen LogP contribution in [0.5, 0.6) is 0 Å². The maximum atomic E-state index is 13.0. The monoisotopic (exact) mass is 343 g/mol. The average molecular weight is 343 g/mol. The van der Waals surface area contributed by atoms with Crippen LogP contribution >= 0.6 is 0 Å². The number of nitrogens with one attached hydrogen (secondary N) is 1. The second-order valence-electron chi connectivity index (χ2n) is 6.40. The van der Waals surface area contributed by atoms with E-state index in [-0.39, 0.29) is 30.5 Å². The van der Waals surface area contributed by atoms with Gasteiger partial charge in [0.2, 0.25) is 0 Å². The summed E-state index contributed by atoms with van der Waals surface area (Å²) in [4.78, 5) is 18.3. The van der Waals surface area contributed by atoms with Gasteiger partial charge in [0, 0.05) is 18.4 Å². The second kappa shape index (κ2) is 7.61. The zero-order valence-electron chi connectivity index (χ0n) is 14.1. The van der Waals surface area contributed by atoms with Gasteiger partial charge in [-0.3, -0.25) is 4.98 Å². The first kappa shape index (κ1) is 17.4. The van der Waals surface area contributed by atoms with Gasteiger partial charge in [-0.1, -0.05) is 12.1 Å². The summed E-state index contributed by atoms with van der Waals surface area (Å²) in [5, 5.41) is 13.4. The maximum Gasteiger partial charge on any atom is 0.318 e. The molecule has 1 aliphatic rings. The number of urea groups is 1. The molecule has 1 heterocycles. The van der Waals surface area contributed by atoms with E-state index in [1.165, 1.54) is 12.1 Å². The topological polar surface area (TPSA) is 65.5 Å². The summed E-state index contributed by atoms with van der Waals surface area (Å²) in [6, 6.07) is 9.23. The van der Waals surface area contributed by atoms with E-state index in [0.717, 1.165) is 18.4 Å². The minimum Gasteiger partial charge on any atom is -0.387 e. The highest BCUT2D eigenvalue weighted by Gasteiger charge is 2.34. The normalized spacial score (nSPS) is 16.1. The molecule has 0 aliphatic heterocycles. The smallest absolute Gasteiger partial charge is 0.318 e. The third-order valence-electron chi connectivity index (χ3n) is 4.42. The Labute approximate surface area is 146 Å². The van der Waals surface area contributed by atoms with Gasteiger partial charge in [0.25, 0.3) is 0 Å². The van der Waals surface area contributed by atoms with Crippen molar-refractivity contribution in [3.05, 3.63) is 65.7 Å². The summed E-state index contributed by atoms with van der Waals surface area (Å²) in [5.41, 5.74) is 1.57. The van der Waals surface area contributed by atoms with E-state index in [0.29, 0.717) is 5.56 Å². The molecule has 5 nitrogen and oxygen atoms in total. The first-order chi connectivity index (χ1) is 12.0. The minimum absolute atomic E-state index is 0.153. The van der Waals surface area contributed by atoms with E-state index < -0.39 is 6.10 Å². The molecule has 0 radical (unpaired) electrons. The number of amides is 2. The SMILES string of the molecule is C[C@H](NC(=O)N(C[C@@H](O)c1ccc(F)cc1)C1CC1)c1ccncc1. The zero-order valence-corrected chi connectivity index (χ0v) is 14.1. The van der Waals surface area contributed by atoms with Gasteiger partial charge >= 0.3 is 6.03 Å². The fourth-order valence-corrected chi connectivity index (χ4v) is 2.76. The van der Waals surface area contributed by atoms with Crippen LogP contribution in [0.4, 0.5) is 9.18 Å². The Morgan fingerprint density at radius 2 is 1.88 bits per heavy atom. The molecule has 1 aromatic heterocycles. The van der Waals surface area contributed by atoms with Crippen molar-refractivity contribution in [2.45, 2.75) is 38.0 Å². The lowest BCUT2D eigenvalue weighted by Crippen LogP contribution is -2.44. The molecule has 0 saturated heterocycles. The number of hydrogen-bond acceptors (Lipinski definition) is 3. The molecule has 1 aromatic carbocycles. The number of carbonyl (C=O) groups is 1. The van der Waals surface area contributed by atoms with Crippen molar-refractivity contribution < 1.29 is 14.3 Å². The molecular weight excluding hydrogens is 321 g/mol. The van der Waals surface area contributed by atoms with Crippen molar-refractivity contribution in [1.29, 1.82) is 0 Å². The molecule has 25 heavy (non-hydrogen) atoms. The van der Waals surface area contributed by atoms with Crippen molar-refractivity contribution >= 4 is 6.03 Å². The Morgan fingerprint density at radius 3 is 2.48 bits per heavy atom. The van der Waals surface area contributed by atoms with E-state index in [9.17, 15) is 14.3 Å². The van der Waals surface area contributed by atoms with Gasteiger partial charge in [0.05, 0.1) is 18.7 Å². The number of rotatable bonds is 6. The Balaban J connectivity index is 1.64. The number of pyridine rings is 1. The van der Waals surface area contributed by atoms with E-state index in [1.807, 2.05) is 19.1 Å². The molecule has 6 heteroatoms. The van der Waals surface area contributed by atoms with Gasteiger partial charge in [-0.25, -0.2) is 9.18 Å². The highest BCUT2D eigenvalue weighted by molar-refractivity contribution is 5.75. The number of halogens is 1. The van der Waals surface area contributed by atoms with Crippen LogP contribution in [0.1, 0.15) is 43.0 Å². The predicted molar refractivity (Wildman–Crippen MR) is 92.3 cm³/mol. The van der Waals surface area contributed by atoms with Crippen molar-refractivity contribution in [1.82, 2.24) is 15.2 Å². The van der Waals surface area contributed by atoms with Gasteiger partial charge in [-0.15, -0.1) is 0 Å². The molecular formula is C19H22FN3O2. The minimum atomic E-state index is -0.844. The molecule has 132 valence electrons. The molecule has 2 N–H and O–H groups in total. The number of nitrogens with zero attached hydrogens (tertiary/aromatic N) is 2. The Bertz CT molecular complexity index is 704. The van der Waals surface area contributed by atoms with Gasteiger partial charge in [-0.2, -0.15) is 0 Å². The lowest BCUT2D eigenvalue weighted by atomic mass is 10.1. The van der Waals surface area contributed by atoms with Crippen LogP contribution < -0.4 is 5.32 Å². The van der Waals surface area contributed by atoms with Crippen LogP contribution in [0.3, 0.4) is 0 Å². The molecule has 0 bridgehead atoms. The van der Waals surface area contributed by atoms with Crippen LogP contribution in [-0.2, 0) is 0 Å². The number of carbonyl (C=O) groups excluding carboxylic acids is 1. The fourth-order valence-electron chi connectivity index (χ4n) is 2.76. The highest BCUT2D eigenvalue weighted by Crippen LogP contribution is 2.29. The van der Waals surface area contributed by atoms with Crippen LogP contribution in [0, 0.1) is 5.82 Å². The molecule has 2 amide bonds. The standard InChI is InChI=1S/C19H22FN3O2/c1-13(14-8-10-21-11-9-14)22-19(25)23(17-6-7-17)12-18(24)15-2-4-16(20)5-3-15/h2-5,8-11,13,17-18,24H,6-7,12H2,1H3,(H,22,25)/t13-,18+/m0/s1. The van der Waals surface area contributed by atoms with Gasteiger partial charge in [0.1, 0.15) is 5.82 Å². The fraction of sp³-hybridized carbons (Fsp3) is 0.368. The van der Waals surface area contributed by atoms with E-state index in [4.69, 9.17) is 0 Å². The quantitative estimate of drug-likeness (QED) is 0.846. The van der Waals surface area contributed by atoms with Crippen LogP contribution in [0.15, 0.2) is 48.8 Å². The second-order valence-corrected chi connectivity index (χ2v) is 6.40. The van der Waals surface area contributed by atoms with Crippen LogP contribution in [0.2, 0.25) is 0 Å². The molecule has 2 atom stereocenters. The Morgan fingerprint density at radius 1 is 1.24 bits per heavy atom. The molecule has 0 unspecified atom stereocenters. The van der Waals surface area contributed by atoms with Crippen molar-refractivity contribution in [3.63, 3.8) is 0 Å². The lowest BCUT2D eigenvalue weighted by molar-refractivity contribution is 0.116. The summed E-state index contributed by atoms with van der Waals surface area (Å²) >= 11 is 0. The van der Waals surface area contributed by atoms with E-state index >= 15 is 0 Å². The third-order valence-corrected chi connectivity index (χ3v) is 4.42. The number of benzene rings is 1. The predicted octanol–water partition coefficient (Wildman–Crippen LogP) is 3.19.